The number of fused-ring (bicyclic) bond motifs is 1. The Morgan fingerprint density at radius 1 is 1.25 bits per heavy atom. The van der Waals surface area contributed by atoms with E-state index in [1.807, 2.05) is 12.2 Å². The third kappa shape index (κ3) is 5.25. The van der Waals surface area contributed by atoms with Gasteiger partial charge in [0, 0.05) is 0 Å². The Kier molecular flexibility index (Phi) is 9.26. The van der Waals surface area contributed by atoms with Gasteiger partial charge in [-0.3, -0.25) is 6.08 Å². The molecule has 3 heteroatoms. The van der Waals surface area contributed by atoms with E-state index in [0.717, 1.165) is 24.2 Å². The van der Waals surface area contributed by atoms with E-state index >= 15 is 0 Å². The van der Waals surface area contributed by atoms with Crippen molar-refractivity contribution in [3.05, 3.63) is 54.0 Å². The Labute approximate surface area is 142 Å². The van der Waals surface area contributed by atoms with Gasteiger partial charge in [0.05, 0.1) is 0 Å². The van der Waals surface area contributed by atoms with Gasteiger partial charge in [-0.1, -0.05) is 19.8 Å². The third-order valence-electron chi connectivity index (χ3n) is 4.35. The fourth-order valence-electron chi connectivity index (χ4n) is 2.92. The van der Waals surface area contributed by atoms with Crippen LogP contribution in [0.2, 0.25) is 0 Å². The van der Waals surface area contributed by atoms with Crippen LogP contribution in [0.1, 0.15) is 33.6 Å². The van der Waals surface area contributed by atoms with Gasteiger partial charge in [-0.25, -0.2) is 29.7 Å². The predicted molar refractivity (Wildman–Crippen MR) is 85.9 cm³/mol. The summed E-state index contributed by atoms with van der Waals surface area (Å²) in [5.41, 5.74) is 1.62. The fourth-order valence-corrected chi connectivity index (χ4v) is 2.92. The molecule has 3 rings (SSSR count). The number of hydrogen-bond donors (Lipinski definition) is 0. The van der Waals surface area contributed by atoms with Crippen molar-refractivity contribution in [3.63, 3.8) is 0 Å². The van der Waals surface area contributed by atoms with Crippen LogP contribution in [0.25, 0.3) is 0 Å². The molecule has 0 aromatic heterocycles. The van der Waals surface area contributed by atoms with Gasteiger partial charge in [0.25, 0.3) is 0 Å². The van der Waals surface area contributed by atoms with Crippen molar-refractivity contribution in [2.75, 3.05) is 0 Å². The van der Waals surface area contributed by atoms with Crippen molar-refractivity contribution in [2.45, 2.75) is 33.6 Å². The number of halogens is 2. The van der Waals surface area contributed by atoms with Crippen LogP contribution in [0, 0.1) is 29.7 Å². The molecule has 3 unspecified atom stereocenters. The average Bonchev–Trinajstić information content (AvgIpc) is 3.10. The predicted octanol–water partition coefficient (Wildman–Crippen LogP) is 6.05. The summed E-state index contributed by atoms with van der Waals surface area (Å²) in [6, 6.07) is 0. The van der Waals surface area contributed by atoms with E-state index in [-0.39, 0.29) is 0 Å². The Balaban J connectivity index is 0.000000208. The fraction of sp³-hybridized carbons (Fsp3) is 0.471. The van der Waals surface area contributed by atoms with Crippen LogP contribution in [-0.2, 0) is 20.8 Å². The SMILES string of the molecule is C[C-]1C2=CC=CCC2C(C)C1C.[C-]1=CC=CC1.[Cl][Zr+2][Cl]. The molecule has 3 aliphatic rings. The van der Waals surface area contributed by atoms with Gasteiger partial charge in [0.1, 0.15) is 0 Å². The normalized spacial score (nSPS) is 28.8. The zero-order valence-corrected chi connectivity index (χ0v) is 16.3. The topological polar surface area (TPSA) is 0 Å². The molecule has 0 radical (unpaired) electrons. The molecule has 0 saturated heterocycles. The first-order valence-electron chi connectivity index (χ1n) is 7.02. The third-order valence-corrected chi connectivity index (χ3v) is 4.35. The molecule has 1 fully saturated rings. The maximum absolute atomic E-state index is 4.93. The first kappa shape index (κ1) is 18.3. The van der Waals surface area contributed by atoms with Crippen molar-refractivity contribution in [1.29, 1.82) is 0 Å². The number of allylic oxidation sites excluding steroid dienone is 8. The summed E-state index contributed by atoms with van der Waals surface area (Å²) in [4.78, 5) is 0. The molecule has 0 aromatic rings. The van der Waals surface area contributed by atoms with Crippen molar-refractivity contribution in [2.24, 2.45) is 17.8 Å². The average molecular weight is 388 g/mol. The Morgan fingerprint density at radius 2 is 1.95 bits per heavy atom. The quantitative estimate of drug-likeness (QED) is 0.443. The van der Waals surface area contributed by atoms with E-state index in [2.05, 4.69) is 51.2 Å². The van der Waals surface area contributed by atoms with E-state index in [1.165, 1.54) is 6.42 Å². The molecule has 108 valence electrons. The van der Waals surface area contributed by atoms with Gasteiger partial charge >= 0.3 is 37.9 Å². The summed E-state index contributed by atoms with van der Waals surface area (Å²) in [5.74, 6) is 4.09. The molecule has 3 atom stereocenters. The summed E-state index contributed by atoms with van der Waals surface area (Å²) in [6.45, 7) is 7.05. The summed E-state index contributed by atoms with van der Waals surface area (Å²) in [7, 11) is 9.87. The second-order valence-electron chi connectivity index (χ2n) is 5.30. The molecule has 0 aromatic carbocycles. The van der Waals surface area contributed by atoms with Gasteiger partial charge in [-0.05, 0) is 18.3 Å². The van der Waals surface area contributed by atoms with E-state index in [4.69, 9.17) is 17.0 Å². The van der Waals surface area contributed by atoms with E-state index in [1.54, 1.807) is 11.5 Å². The molecule has 0 nitrogen and oxygen atoms in total. The van der Waals surface area contributed by atoms with Crippen LogP contribution in [-0.4, -0.2) is 0 Å². The number of hydrogen-bond acceptors (Lipinski definition) is 0. The molecular weight excluding hydrogens is 366 g/mol. The molecule has 0 aliphatic heterocycles. The zero-order chi connectivity index (χ0) is 15.0. The standard InChI is InChI=1S/C12H17.C5H5.2ClH.Zr/c1-8-9(2)11-6-4-5-7-12(11)10(8)3;1-2-4-5-3-1;;;/h4-6,8,10,12H,7H2,1-3H3;1-3H,4H2;2*1H;/q2*-1;;;+4/p-2. The molecular formula is C17H22Cl2Zr. The Hall–Kier alpha value is 0.293. The van der Waals surface area contributed by atoms with Crippen LogP contribution >= 0.6 is 17.0 Å². The van der Waals surface area contributed by atoms with Gasteiger partial charge in [-0.2, -0.15) is 6.08 Å². The summed E-state index contributed by atoms with van der Waals surface area (Å²) in [6.07, 6.45) is 18.1. The molecule has 0 N–H and O–H groups in total. The van der Waals surface area contributed by atoms with Crippen LogP contribution in [0.5, 0.6) is 0 Å². The molecule has 0 amide bonds. The zero-order valence-electron chi connectivity index (χ0n) is 12.4. The van der Waals surface area contributed by atoms with E-state index in [9.17, 15) is 0 Å². The molecule has 0 spiro atoms. The van der Waals surface area contributed by atoms with Crippen LogP contribution < -0.4 is 0 Å². The maximum atomic E-state index is 4.93. The summed E-state index contributed by atoms with van der Waals surface area (Å²) in [5, 5.41) is 0. The molecule has 0 bridgehead atoms. The summed E-state index contributed by atoms with van der Waals surface area (Å²) < 4.78 is 0. The minimum atomic E-state index is -0.826. The Bertz CT molecular complexity index is 386. The van der Waals surface area contributed by atoms with Crippen LogP contribution in [0.15, 0.2) is 42.0 Å². The van der Waals surface area contributed by atoms with Crippen LogP contribution in [0.3, 0.4) is 0 Å². The monoisotopic (exact) mass is 386 g/mol. The van der Waals surface area contributed by atoms with Gasteiger partial charge in [0.2, 0.25) is 0 Å². The second kappa shape index (κ2) is 10.1. The van der Waals surface area contributed by atoms with Crippen LogP contribution in [0.4, 0.5) is 0 Å². The second-order valence-corrected chi connectivity index (χ2v) is 9.03. The Morgan fingerprint density at radius 3 is 2.40 bits per heavy atom. The van der Waals surface area contributed by atoms with E-state index in [0.29, 0.717) is 0 Å². The molecule has 1 saturated carbocycles. The van der Waals surface area contributed by atoms with Crippen molar-refractivity contribution >= 4 is 17.0 Å². The molecule has 3 aliphatic carbocycles. The minimum absolute atomic E-state index is 0.793. The van der Waals surface area contributed by atoms with E-state index < -0.39 is 20.8 Å². The number of rotatable bonds is 0. The van der Waals surface area contributed by atoms with Gasteiger partial charge < -0.3 is 0 Å². The van der Waals surface area contributed by atoms with Crippen molar-refractivity contribution in [3.8, 4) is 0 Å². The van der Waals surface area contributed by atoms with Crippen molar-refractivity contribution < 1.29 is 20.8 Å². The molecule has 20 heavy (non-hydrogen) atoms. The first-order valence-corrected chi connectivity index (χ1v) is 13.3. The van der Waals surface area contributed by atoms with Gasteiger partial charge in [-0.15, -0.1) is 25.5 Å². The van der Waals surface area contributed by atoms with Gasteiger partial charge in [0.15, 0.2) is 0 Å². The molecule has 0 heterocycles. The van der Waals surface area contributed by atoms with Crippen molar-refractivity contribution in [1.82, 2.24) is 0 Å². The first-order chi connectivity index (χ1) is 9.63. The summed E-state index contributed by atoms with van der Waals surface area (Å²) >= 11 is -0.826.